The Bertz CT molecular complexity index is 315. The van der Waals surface area contributed by atoms with Crippen molar-refractivity contribution < 1.29 is 13.9 Å². The third-order valence-electron chi connectivity index (χ3n) is 2.26. The van der Waals surface area contributed by atoms with Gasteiger partial charge in [-0.25, -0.2) is 4.98 Å². The van der Waals surface area contributed by atoms with Gasteiger partial charge in [0.2, 0.25) is 0 Å². The van der Waals surface area contributed by atoms with Crippen LogP contribution in [0.15, 0.2) is 12.4 Å². The van der Waals surface area contributed by atoms with E-state index in [1.807, 2.05) is 6.92 Å². The SMILES string of the molecule is CC(O)CC(C)NCc1nccn1C(F)F. The quantitative estimate of drug-likeness (QED) is 0.783. The molecule has 1 aromatic rings. The molecule has 6 heteroatoms. The Labute approximate surface area is 93.3 Å². The first-order chi connectivity index (χ1) is 7.50. The molecule has 2 unspecified atom stereocenters. The van der Waals surface area contributed by atoms with E-state index in [1.165, 1.54) is 12.4 Å². The zero-order valence-corrected chi connectivity index (χ0v) is 9.40. The molecule has 0 radical (unpaired) electrons. The molecule has 0 fully saturated rings. The van der Waals surface area contributed by atoms with E-state index >= 15 is 0 Å². The summed E-state index contributed by atoms with van der Waals surface area (Å²) in [6.07, 6.45) is 2.77. The van der Waals surface area contributed by atoms with Crippen molar-refractivity contribution >= 4 is 0 Å². The van der Waals surface area contributed by atoms with E-state index < -0.39 is 12.7 Å². The van der Waals surface area contributed by atoms with Gasteiger partial charge in [-0.05, 0) is 20.3 Å². The third-order valence-corrected chi connectivity index (χ3v) is 2.26. The number of halogens is 2. The molecule has 0 aliphatic carbocycles. The van der Waals surface area contributed by atoms with Gasteiger partial charge in [0.1, 0.15) is 5.82 Å². The average Bonchev–Trinajstić information content (AvgIpc) is 2.61. The summed E-state index contributed by atoms with van der Waals surface area (Å²) in [6.45, 7) is 1.29. The summed E-state index contributed by atoms with van der Waals surface area (Å²) in [4.78, 5) is 3.85. The van der Waals surface area contributed by atoms with Crippen LogP contribution in [0, 0.1) is 0 Å². The van der Waals surface area contributed by atoms with Crippen LogP contribution in [0.2, 0.25) is 0 Å². The predicted octanol–water partition coefficient (Wildman–Crippen LogP) is 1.53. The molecule has 0 bridgehead atoms. The molecule has 0 saturated heterocycles. The molecular formula is C10H17F2N3O. The molecule has 16 heavy (non-hydrogen) atoms. The number of aromatic nitrogens is 2. The van der Waals surface area contributed by atoms with Crippen LogP contribution < -0.4 is 5.32 Å². The van der Waals surface area contributed by atoms with Crippen LogP contribution >= 0.6 is 0 Å². The van der Waals surface area contributed by atoms with Gasteiger partial charge in [0, 0.05) is 18.4 Å². The van der Waals surface area contributed by atoms with Crippen LogP contribution in [0.25, 0.3) is 0 Å². The Hall–Kier alpha value is -1.01. The molecule has 0 amide bonds. The van der Waals surface area contributed by atoms with Gasteiger partial charge in [0.05, 0.1) is 12.6 Å². The van der Waals surface area contributed by atoms with Gasteiger partial charge >= 0.3 is 6.55 Å². The van der Waals surface area contributed by atoms with Crippen molar-refractivity contribution in [2.45, 2.75) is 45.5 Å². The molecule has 0 aromatic carbocycles. The smallest absolute Gasteiger partial charge is 0.319 e. The van der Waals surface area contributed by atoms with Gasteiger partial charge in [0.25, 0.3) is 0 Å². The van der Waals surface area contributed by atoms with Gasteiger partial charge in [-0.15, -0.1) is 0 Å². The number of imidazole rings is 1. The molecule has 1 rings (SSSR count). The van der Waals surface area contributed by atoms with E-state index in [1.54, 1.807) is 6.92 Å². The number of nitrogens with one attached hydrogen (secondary N) is 1. The van der Waals surface area contributed by atoms with Gasteiger partial charge in [-0.3, -0.25) is 4.57 Å². The fourth-order valence-corrected chi connectivity index (χ4v) is 1.52. The van der Waals surface area contributed by atoms with Gasteiger partial charge in [-0.2, -0.15) is 8.78 Å². The highest BCUT2D eigenvalue weighted by Crippen LogP contribution is 2.12. The van der Waals surface area contributed by atoms with E-state index in [4.69, 9.17) is 5.11 Å². The van der Waals surface area contributed by atoms with E-state index in [2.05, 4.69) is 10.3 Å². The Kier molecular flexibility index (Phi) is 4.82. The highest BCUT2D eigenvalue weighted by molar-refractivity contribution is 4.92. The molecule has 2 atom stereocenters. The van der Waals surface area contributed by atoms with Crippen LogP contribution in [0.4, 0.5) is 8.78 Å². The summed E-state index contributed by atoms with van der Waals surface area (Å²) >= 11 is 0. The van der Waals surface area contributed by atoms with Crippen molar-refractivity contribution in [1.82, 2.24) is 14.9 Å². The van der Waals surface area contributed by atoms with Crippen molar-refractivity contribution in [3.05, 3.63) is 18.2 Å². The zero-order chi connectivity index (χ0) is 12.1. The van der Waals surface area contributed by atoms with Crippen LogP contribution in [-0.4, -0.2) is 26.8 Å². The molecule has 0 saturated carbocycles. The maximum Gasteiger partial charge on any atom is 0.319 e. The summed E-state index contributed by atoms with van der Waals surface area (Å²) in [5.74, 6) is 0.299. The van der Waals surface area contributed by atoms with E-state index in [0.717, 1.165) is 4.57 Å². The lowest BCUT2D eigenvalue weighted by molar-refractivity contribution is 0.0663. The normalized spacial score (nSPS) is 15.4. The monoisotopic (exact) mass is 233 g/mol. The van der Waals surface area contributed by atoms with Crippen LogP contribution in [0.1, 0.15) is 32.6 Å². The molecule has 1 heterocycles. The molecule has 0 spiro atoms. The molecule has 4 nitrogen and oxygen atoms in total. The van der Waals surface area contributed by atoms with Crippen LogP contribution in [0.3, 0.4) is 0 Å². The van der Waals surface area contributed by atoms with Gasteiger partial charge < -0.3 is 10.4 Å². The standard InChI is InChI=1S/C10H17F2N3O/c1-7(5-8(2)16)14-6-9-13-3-4-15(9)10(11)12/h3-4,7-8,10,14,16H,5-6H2,1-2H3. The molecule has 0 aliphatic rings. The first-order valence-corrected chi connectivity index (χ1v) is 5.22. The fraction of sp³-hybridized carbons (Fsp3) is 0.700. The lowest BCUT2D eigenvalue weighted by Crippen LogP contribution is -2.29. The Morgan fingerprint density at radius 1 is 1.50 bits per heavy atom. The van der Waals surface area contributed by atoms with Crippen molar-refractivity contribution in [3.63, 3.8) is 0 Å². The number of alkyl halides is 2. The number of nitrogens with zero attached hydrogens (tertiary/aromatic N) is 2. The predicted molar refractivity (Wildman–Crippen MR) is 56.1 cm³/mol. The van der Waals surface area contributed by atoms with Crippen molar-refractivity contribution in [1.29, 1.82) is 0 Å². The fourth-order valence-electron chi connectivity index (χ4n) is 1.52. The van der Waals surface area contributed by atoms with Crippen LogP contribution in [-0.2, 0) is 6.54 Å². The van der Waals surface area contributed by atoms with E-state index in [9.17, 15) is 8.78 Å². The number of aliphatic hydroxyl groups excluding tert-OH is 1. The largest absolute Gasteiger partial charge is 0.393 e. The highest BCUT2D eigenvalue weighted by Gasteiger charge is 2.12. The maximum absolute atomic E-state index is 12.5. The second-order valence-electron chi connectivity index (χ2n) is 3.90. The van der Waals surface area contributed by atoms with Crippen LogP contribution in [0.5, 0.6) is 0 Å². The zero-order valence-electron chi connectivity index (χ0n) is 9.40. The second-order valence-corrected chi connectivity index (χ2v) is 3.90. The minimum atomic E-state index is -2.56. The minimum absolute atomic E-state index is 0.0582. The lowest BCUT2D eigenvalue weighted by Gasteiger charge is -2.15. The summed E-state index contributed by atoms with van der Waals surface area (Å²) in [7, 11) is 0. The number of hydrogen-bond donors (Lipinski definition) is 2. The average molecular weight is 233 g/mol. The first kappa shape index (κ1) is 13.1. The number of hydrogen-bond acceptors (Lipinski definition) is 3. The van der Waals surface area contributed by atoms with E-state index in [0.29, 0.717) is 12.2 Å². The molecular weight excluding hydrogens is 216 g/mol. The Morgan fingerprint density at radius 3 is 2.75 bits per heavy atom. The summed E-state index contributed by atoms with van der Waals surface area (Å²) in [5.41, 5.74) is 0. The summed E-state index contributed by atoms with van der Waals surface area (Å²) < 4.78 is 25.7. The first-order valence-electron chi connectivity index (χ1n) is 5.22. The second kappa shape index (κ2) is 5.91. The van der Waals surface area contributed by atoms with Gasteiger partial charge in [-0.1, -0.05) is 0 Å². The Balaban J connectivity index is 2.45. The lowest BCUT2D eigenvalue weighted by atomic mass is 10.1. The highest BCUT2D eigenvalue weighted by atomic mass is 19.3. The minimum Gasteiger partial charge on any atom is -0.393 e. The topological polar surface area (TPSA) is 50.1 Å². The van der Waals surface area contributed by atoms with Crippen molar-refractivity contribution in [2.75, 3.05) is 0 Å². The van der Waals surface area contributed by atoms with Crippen molar-refractivity contribution in [2.24, 2.45) is 0 Å². The van der Waals surface area contributed by atoms with Gasteiger partial charge in [0.15, 0.2) is 0 Å². The van der Waals surface area contributed by atoms with Crippen molar-refractivity contribution in [3.8, 4) is 0 Å². The number of rotatable bonds is 6. The third kappa shape index (κ3) is 3.86. The summed E-state index contributed by atoms with van der Waals surface area (Å²) in [5, 5.41) is 12.2. The maximum atomic E-state index is 12.5. The molecule has 0 aliphatic heterocycles. The molecule has 92 valence electrons. The van der Waals surface area contributed by atoms with E-state index in [-0.39, 0.29) is 12.6 Å². The molecule has 2 N–H and O–H groups in total. The Morgan fingerprint density at radius 2 is 2.19 bits per heavy atom. The summed E-state index contributed by atoms with van der Waals surface area (Å²) in [6, 6.07) is 0.0582. The number of aliphatic hydroxyl groups is 1. The molecule has 1 aromatic heterocycles.